The molecule has 0 atom stereocenters. The fraction of sp³-hybridized carbons (Fsp3) is 0.632. The number of hydrogen-bond donors (Lipinski definition) is 1. The SMILES string of the molecule is Cc1cc(=O)n(C2CCCC2)c2nc(N3CCN(CCO)CC3)ncc12. The Kier molecular flexibility index (Phi) is 4.91. The predicted molar refractivity (Wildman–Crippen MR) is 102 cm³/mol. The van der Waals surface area contributed by atoms with Gasteiger partial charge in [0.15, 0.2) is 0 Å². The molecule has 1 N–H and O–H groups in total. The van der Waals surface area contributed by atoms with E-state index in [4.69, 9.17) is 10.1 Å². The van der Waals surface area contributed by atoms with E-state index >= 15 is 0 Å². The van der Waals surface area contributed by atoms with Gasteiger partial charge in [0, 0.05) is 56.4 Å². The maximum Gasteiger partial charge on any atom is 0.252 e. The molecule has 4 rings (SSSR count). The zero-order valence-electron chi connectivity index (χ0n) is 15.4. The maximum absolute atomic E-state index is 12.7. The van der Waals surface area contributed by atoms with Crippen LogP contribution in [0.4, 0.5) is 5.95 Å². The highest BCUT2D eigenvalue weighted by molar-refractivity contribution is 5.79. The van der Waals surface area contributed by atoms with Gasteiger partial charge in [0.2, 0.25) is 5.95 Å². The summed E-state index contributed by atoms with van der Waals surface area (Å²) in [5.41, 5.74) is 1.78. The van der Waals surface area contributed by atoms with Gasteiger partial charge in [0.25, 0.3) is 5.56 Å². The fourth-order valence-corrected chi connectivity index (χ4v) is 4.24. The lowest BCUT2D eigenvalue weighted by atomic mass is 10.1. The van der Waals surface area contributed by atoms with E-state index in [1.165, 1.54) is 12.8 Å². The Morgan fingerprint density at radius 1 is 1.19 bits per heavy atom. The lowest BCUT2D eigenvalue weighted by Crippen LogP contribution is -2.47. The Morgan fingerprint density at radius 3 is 2.62 bits per heavy atom. The van der Waals surface area contributed by atoms with Crippen LogP contribution in [0.15, 0.2) is 17.1 Å². The topological polar surface area (TPSA) is 74.5 Å². The monoisotopic (exact) mass is 357 g/mol. The Hall–Kier alpha value is -1.99. The van der Waals surface area contributed by atoms with Crippen molar-refractivity contribution >= 4 is 17.0 Å². The fourth-order valence-electron chi connectivity index (χ4n) is 4.24. The molecule has 3 heterocycles. The number of aromatic nitrogens is 3. The first kappa shape index (κ1) is 17.4. The molecule has 1 saturated carbocycles. The minimum Gasteiger partial charge on any atom is -0.395 e. The normalized spacial score (nSPS) is 19.5. The van der Waals surface area contributed by atoms with Gasteiger partial charge in [-0.25, -0.2) is 4.98 Å². The highest BCUT2D eigenvalue weighted by atomic mass is 16.3. The second kappa shape index (κ2) is 7.32. The molecule has 26 heavy (non-hydrogen) atoms. The summed E-state index contributed by atoms with van der Waals surface area (Å²) < 4.78 is 1.91. The number of aliphatic hydroxyl groups excluding tert-OH is 1. The van der Waals surface area contributed by atoms with Crippen molar-refractivity contribution in [2.45, 2.75) is 38.6 Å². The summed E-state index contributed by atoms with van der Waals surface area (Å²) in [6, 6.07) is 1.98. The molecule has 7 nitrogen and oxygen atoms in total. The van der Waals surface area contributed by atoms with Gasteiger partial charge >= 0.3 is 0 Å². The summed E-state index contributed by atoms with van der Waals surface area (Å²) in [7, 11) is 0. The van der Waals surface area contributed by atoms with Crippen molar-refractivity contribution in [1.82, 2.24) is 19.4 Å². The van der Waals surface area contributed by atoms with Crippen molar-refractivity contribution in [1.29, 1.82) is 0 Å². The number of hydrogen-bond acceptors (Lipinski definition) is 6. The van der Waals surface area contributed by atoms with E-state index in [1.807, 2.05) is 17.7 Å². The van der Waals surface area contributed by atoms with E-state index in [0.717, 1.165) is 55.6 Å². The number of β-amino-alcohol motifs (C(OH)–C–C–N with tert-alkyl or cyclic N) is 1. The average molecular weight is 357 g/mol. The molecule has 0 aromatic carbocycles. The Labute approximate surface area is 153 Å². The third kappa shape index (κ3) is 3.21. The van der Waals surface area contributed by atoms with Gasteiger partial charge in [-0.1, -0.05) is 12.8 Å². The molecule has 0 amide bonds. The minimum atomic E-state index is 0.0549. The average Bonchev–Trinajstić information content (AvgIpc) is 3.16. The second-order valence-corrected chi connectivity index (χ2v) is 7.43. The van der Waals surface area contributed by atoms with Gasteiger partial charge < -0.3 is 10.0 Å². The quantitative estimate of drug-likeness (QED) is 0.890. The van der Waals surface area contributed by atoms with Crippen LogP contribution in [0.3, 0.4) is 0 Å². The van der Waals surface area contributed by atoms with Gasteiger partial charge in [-0.05, 0) is 25.3 Å². The van der Waals surface area contributed by atoms with Crippen molar-refractivity contribution in [3.8, 4) is 0 Å². The molecule has 140 valence electrons. The zero-order valence-corrected chi connectivity index (χ0v) is 15.4. The minimum absolute atomic E-state index is 0.0549. The standard InChI is InChI=1S/C19H27N5O2/c1-14-12-17(26)24(15-4-2-3-5-15)18-16(14)13-20-19(21-18)23-8-6-22(7-9-23)10-11-25/h12-13,15,25H,2-11H2,1H3. The highest BCUT2D eigenvalue weighted by Gasteiger charge is 2.23. The molecule has 2 aromatic rings. The van der Waals surface area contributed by atoms with Gasteiger partial charge in [-0.2, -0.15) is 4.98 Å². The largest absolute Gasteiger partial charge is 0.395 e. The summed E-state index contributed by atoms with van der Waals surface area (Å²) in [5, 5.41) is 10.1. The van der Waals surface area contributed by atoms with E-state index in [1.54, 1.807) is 6.07 Å². The van der Waals surface area contributed by atoms with Crippen LogP contribution in [0.1, 0.15) is 37.3 Å². The van der Waals surface area contributed by atoms with Crippen LogP contribution in [0.2, 0.25) is 0 Å². The number of pyridine rings is 1. The molecule has 0 radical (unpaired) electrons. The van der Waals surface area contributed by atoms with Crippen molar-refractivity contribution in [3.05, 3.63) is 28.2 Å². The highest BCUT2D eigenvalue weighted by Crippen LogP contribution is 2.31. The molecule has 0 unspecified atom stereocenters. The van der Waals surface area contributed by atoms with Crippen LogP contribution in [-0.4, -0.2) is 63.9 Å². The van der Waals surface area contributed by atoms with Gasteiger partial charge in [-0.3, -0.25) is 14.3 Å². The molecule has 2 fully saturated rings. The molecule has 2 aromatic heterocycles. The van der Waals surface area contributed by atoms with E-state index in [0.29, 0.717) is 12.5 Å². The molecular formula is C19H27N5O2. The summed E-state index contributed by atoms with van der Waals surface area (Å²) in [6.45, 7) is 6.33. The Morgan fingerprint density at radius 2 is 1.92 bits per heavy atom. The number of piperazine rings is 1. The van der Waals surface area contributed by atoms with Crippen molar-refractivity contribution in [2.75, 3.05) is 44.2 Å². The van der Waals surface area contributed by atoms with E-state index in [2.05, 4.69) is 14.8 Å². The summed E-state index contributed by atoms with van der Waals surface area (Å²) in [4.78, 5) is 26.6. The van der Waals surface area contributed by atoms with Crippen molar-refractivity contribution in [2.24, 2.45) is 0 Å². The second-order valence-electron chi connectivity index (χ2n) is 7.43. The number of nitrogens with zero attached hydrogens (tertiary/aromatic N) is 5. The van der Waals surface area contributed by atoms with Crippen LogP contribution in [-0.2, 0) is 0 Å². The number of fused-ring (bicyclic) bond motifs is 1. The Bertz CT molecular complexity index is 836. The molecule has 0 bridgehead atoms. The summed E-state index contributed by atoms with van der Waals surface area (Å²) in [6.07, 6.45) is 6.33. The van der Waals surface area contributed by atoms with Crippen molar-refractivity contribution < 1.29 is 5.11 Å². The van der Waals surface area contributed by atoms with E-state index in [-0.39, 0.29) is 18.2 Å². The number of rotatable bonds is 4. The van der Waals surface area contributed by atoms with Gasteiger partial charge in [-0.15, -0.1) is 0 Å². The molecule has 1 aliphatic heterocycles. The predicted octanol–water partition coefficient (Wildman–Crippen LogP) is 1.33. The summed E-state index contributed by atoms with van der Waals surface area (Å²) in [5.74, 6) is 0.706. The Balaban J connectivity index is 1.70. The van der Waals surface area contributed by atoms with Crippen LogP contribution in [0.25, 0.3) is 11.0 Å². The zero-order chi connectivity index (χ0) is 18.1. The molecule has 1 aliphatic carbocycles. The lowest BCUT2D eigenvalue weighted by molar-refractivity contribution is 0.188. The first-order chi connectivity index (χ1) is 12.7. The number of anilines is 1. The molecule has 0 spiro atoms. The number of aliphatic hydroxyl groups is 1. The van der Waals surface area contributed by atoms with Crippen molar-refractivity contribution in [3.63, 3.8) is 0 Å². The third-order valence-corrected chi connectivity index (χ3v) is 5.75. The molecule has 1 saturated heterocycles. The summed E-state index contributed by atoms with van der Waals surface area (Å²) >= 11 is 0. The molecular weight excluding hydrogens is 330 g/mol. The first-order valence-corrected chi connectivity index (χ1v) is 9.64. The third-order valence-electron chi connectivity index (χ3n) is 5.75. The van der Waals surface area contributed by atoms with E-state index in [9.17, 15) is 4.79 Å². The molecule has 7 heteroatoms. The van der Waals surface area contributed by atoms with E-state index < -0.39 is 0 Å². The smallest absolute Gasteiger partial charge is 0.252 e. The van der Waals surface area contributed by atoms with Crippen LogP contribution in [0, 0.1) is 6.92 Å². The molecule has 2 aliphatic rings. The number of aryl methyl sites for hydroxylation is 1. The first-order valence-electron chi connectivity index (χ1n) is 9.64. The van der Waals surface area contributed by atoms with Gasteiger partial charge in [0.1, 0.15) is 5.65 Å². The van der Waals surface area contributed by atoms with Crippen LogP contribution in [0.5, 0.6) is 0 Å². The lowest BCUT2D eigenvalue weighted by Gasteiger charge is -2.34. The maximum atomic E-state index is 12.7. The van der Waals surface area contributed by atoms with Gasteiger partial charge in [0.05, 0.1) is 6.61 Å². The van der Waals surface area contributed by atoms with Crippen LogP contribution < -0.4 is 10.5 Å². The van der Waals surface area contributed by atoms with Crippen LogP contribution >= 0.6 is 0 Å².